The van der Waals surface area contributed by atoms with Crippen LogP contribution in [0.25, 0.3) is 28.1 Å². The molecule has 1 heterocycles. The maximum absolute atomic E-state index is 13.8. The molecule has 2 aromatic carbocycles. The highest BCUT2D eigenvalue weighted by Gasteiger charge is 2.30. The summed E-state index contributed by atoms with van der Waals surface area (Å²) in [5.41, 5.74) is 4.43. The third-order valence-electron chi connectivity index (χ3n) is 6.55. The summed E-state index contributed by atoms with van der Waals surface area (Å²) >= 11 is 0. The number of benzene rings is 2. The van der Waals surface area contributed by atoms with E-state index in [1.165, 1.54) is 12.1 Å². The van der Waals surface area contributed by atoms with E-state index in [1.807, 2.05) is 51.1 Å². The molecule has 6 heteroatoms. The van der Waals surface area contributed by atoms with Crippen molar-refractivity contribution in [2.45, 2.75) is 90.6 Å². The molecule has 1 aromatic heterocycles. The highest BCUT2D eigenvalue weighted by molar-refractivity contribution is 5.99. The molecule has 0 aliphatic heterocycles. The van der Waals surface area contributed by atoms with Gasteiger partial charge in [-0.05, 0) is 83.6 Å². The molecular formula is C33H40FNO4. The maximum Gasteiger partial charge on any atom is 0.308 e. The van der Waals surface area contributed by atoms with E-state index in [-0.39, 0.29) is 24.1 Å². The van der Waals surface area contributed by atoms with E-state index in [2.05, 4.69) is 25.1 Å². The van der Waals surface area contributed by atoms with Gasteiger partial charge < -0.3 is 14.6 Å². The molecule has 0 unspecified atom stereocenters. The van der Waals surface area contributed by atoms with Gasteiger partial charge in [-0.1, -0.05) is 49.4 Å². The molecule has 5 nitrogen and oxygen atoms in total. The first-order valence-corrected chi connectivity index (χ1v) is 13.8. The van der Waals surface area contributed by atoms with Crippen molar-refractivity contribution in [2.24, 2.45) is 5.92 Å². The van der Waals surface area contributed by atoms with E-state index in [4.69, 9.17) is 14.5 Å². The zero-order valence-corrected chi connectivity index (χ0v) is 23.8. The molecule has 39 heavy (non-hydrogen) atoms. The number of nitrogens with zero attached hydrogens (tertiary/aromatic N) is 1. The number of carbonyl (C=O) groups is 1. The van der Waals surface area contributed by atoms with Gasteiger partial charge in [0.05, 0.1) is 23.7 Å². The number of pyridine rings is 1. The van der Waals surface area contributed by atoms with Crippen LogP contribution >= 0.6 is 0 Å². The summed E-state index contributed by atoms with van der Waals surface area (Å²) in [6, 6.07) is 14.7. The number of esters is 1. The van der Waals surface area contributed by atoms with Gasteiger partial charge in [-0.15, -0.1) is 0 Å². The van der Waals surface area contributed by atoms with Gasteiger partial charge in [0.2, 0.25) is 0 Å². The Labute approximate surface area is 231 Å². The van der Waals surface area contributed by atoms with Crippen LogP contribution in [0.2, 0.25) is 0 Å². The molecule has 1 fully saturated rings. The van der Waals surface area contributed by atoms with E-state index >= 15 is 0 Å². The Kier molecular flexibility index (Phi) is 8.57. The number of ether oxygens (including phenoxy) is 2. The molecule has 1 saturated carbocycles. The molecule has 0 amide bonds. The number of fused-ring (bicyclic) bond motifs is 1. The lowest BCUT2D eigenvalue weighted by Crippen LogP contribution is -2.34. The van der Waals surface area contributed by atoms with Crippen molar-refractivity contribution in [3.8, 4) is 11.1 Å². The van der Waals surface area contributed by atoms with Gasteiger partial charge in [0, 0.05) is 22.4 Å². The van der Waals surface area contributed by atoms with Crippen LogP contribution in [0.3, 0.4) is 0 Å². The Hall–Kier alpha value is -3.09. The van der Waals surface area contributed by atoms with Crippen molar-refractivity contribution < 1.29 is 23.8 Å². The van der Waals surface area contributed by atoms with Crippen molar-refractivity contribution in [3.63, 3.8) is 0 Å². The van der Waals surface area contributed by atoms with Gasteiger partial charge >= 0.3 is 5.97 Å². The van der Waals surface area contributed by atoms with Crippen LogP contribution < -0.4 is 0 Å². The molecule has 1 N–H and O–H groups in total. The highest BCUT2D eigenvalue weighted by Crippen LogP contribution is 2.45. The summed E-state index contributed by atoms with van der Waals surface area (Å²) in [5.74, 6) is -1.58. The zero-order chi connectivity index (χ0) is 28.4. The quantitative estimate of drug-likeness (QED) is 0.213. The van der Waals surface area contributed by atoms with E-state index in [0.717, 1.165) is 46.1 Å². The Morgan fingerprint density at radius 3 is 2.38 bits per heavy atom. The average molecular weight is 534 g/mol. The number of carbonyl (C=O) groups excluding carboxylic acids is 1. The second-order valence-corrected chi connectivity index (χ2v) is 12.1. The van der Waals surface area contributed by atoms with Crippen molar-refractivity contribution in [2.75, 3.05) is 0 Å². The third-order valence-corrected chi connectivity index (χ3v) is 6.55. The SMILES string of the molecule is C[C@H](/C=C/c1c(C2CC2)nc2ccccc2c1-c1ccc(F)cc1)C[C@H](CC(=O)OC(C)(C)C)OC(C)(C)O. The van der Waals surface area contributed by atoms with Crippen LogP contribution in [-0.2, 0) is 14.3 Å². The van der Waals surface area contributed by atoms with Crippen molar-refractivity contribution in [1.82, 2.24) is 4.98 Å². The van der Waals surface area contributed by atoms with Crippen LogP contribution in [0.4, 0.5) is 4.39 Å². The predicted molar refractivity (Wildman–Crippen MR) is 154 cm³/mol. The molecule has 1 aliphatic rings. The van der Waals surface area contributed by atoms with Gasteiger partial charge in [-0.2, -0.15) is 0 Å². The summed E-state index contributed by atoms with van der Waals surface area (Å²) < 4.78 is 25.2. The van der Waals surface area contributed by atoms with Gasteiger partial charge in [0.1, 0.15) is 11.4 Å². The number of aliphatic hydroxyl groups is 1. The first-order chi connectivity index (χ1) is 18.3. The fraction of sp³-hybridized carbons (Fsp3) is 0.455. The smallest absolute Gasteiger partial charge is 0.308 e. The van der Waals surface area contributed by atoms with Crippen molar-refractivity contribution in [1.29, 1.82) is 0 Å². The largest absolute Gasteiger partial charge is 0.460 e. The highest BCUT2D eigenvalue weighted by atomic mass is 19.1. The van der Waals surface area contributed by atoms with E-state index in [9.17, 15) is 14.3 Å². The van der Waals surface area contributed by atoms with Crippen molar-refractivity contribution >= 4 is 22.9 Å². The molecule has 0 radical (unpaired) electrons. The Bertz CT molecular complexity index is 1330. The third kappa shape index (κ3) is 8.20. The van der Waals surface area contributed by atoms with E-state index in [1.54, 1.807) is 13.8 Å². The number of rotatable bonds is 10. The summed E-state index contributed by atoms with van der Waals surface area (Å²) in [5, 5.41) is 11.3. The summed E-state index contributed by atoms with van der Waals surface area (Å²) in [6.07, 6.45) is 6.47. The van der Waals surface area contributed by atoms with Crippen LogP contribution in [0, 0.1) is 11.7 Å². The van der Waals surface area contributed by atoms with E-state index < -0.39 is 17.5 Å². The van der Waals surface area contributed by atoms with Crippen LogP contribution in [0.5, 0.6) is 0 Å². The van der Waals surface area contributed by atoms with Crippen LogP contribution in [0.1, 0.15) is 84.4 Å². The maximum atomic E-state index is 13.8. The fourth-order valence-corrected chi connectivity index (χ4v) is 4.91. The number of hydrogen-bond donors (Lipinski definition) is 1. The second-order valence-electron chi connectivity index (χ2n) is 12.1. The molecular weight excluding hydrogens is 493 g/mol. The number of halogens is 1. The number of allylic oxidation sites excluding steroid dienone is 1. The second kappa shape index (κ2) is 11.6. The number of aromatic nitrogens is 1. The van der Waals surface area contributed by atoms with E-state index in [0.29, 0.717) is 12.3 Å². The first kappa shape index (κ1) is 28.9. The minimum Gasteiger partial charge on any atom is -0.460 e. The molecule has 0 spiro atoms. The van der Waals surface area contributed by atoms with Gasteiger partial charge in [0.15, 0.2) is 5.79 Å². The summed E-state index contributed by atoms with van der Waals surface area (Å²) in [6.45, 7) is 10.7. The minimum atomic E-state index is -1.38. The number of para-hydroxylation sites is 1. The minimum absolute atomic E-state index is 0.0272. The Morgan fingerprint density at radius 1 is 1.10 bits per heavy atom. The lowest BCUT2D eigenvalue weighted by molar-refractivity contribution is -0.212. The molecule has 2 atom stereocenters. The molecule has 208 valence electrons. The summed E-state index contributed by atoms with van der Waals surface area (Å²) in [4.78, 5) is 17.6. The first-order valence-electron chi connectivity index (χ1n) is 13.8. The molecule has 0 saturated heterocycles. The molecule has 1 aliphatic carbocycles. The standard InChI is InChI=1S/C33H40FNO4/c1-21(19-25(38-33(5,6)37)20-29(36)39-32(2,3)4)11-18-27-30(22-14-16-24(34)17-15-22)26-9-7-8-10-28(26)35-31(27)23-12-13-23/h7-11,14-18,21,23,25,37H,12-13,19-20H2,1-6H3/b18-11+/t21-,25-/m1/s1. The predicted octanol–water partition coefficient (Wildman–Crippen LogP) is 7.80. The van der Waals surface area contributed by atoms with Crippen molar-refractivity contribution in [3.05, 3.63) is 71.7 Å². The number of hydrogen-bond acceptors (Lipinski definition) is 5. The van der Waals surface area contributed by atoms with Gasteiger partial charge in [0.25, 0.3) is 0 Å². The lowest BCUT2D eigenvalue weighted by Gasteiger charge is -2.28. The van der Waals surface area contributed by atoms with Gasteiger partial charge in [-0.25, -0.2) is 4.39 Å². The molecule has 4 rings (SSSR count). The monoisotopic (exact) mass is 533 g/mol. The topological polar surface area (TPSA) is 68.7 Å². The zero-order valence-electron chi connectivity index (χ0n) is 23.8. The average Bonchev–Trinajstić information content (AvgIpc) is 3.65. The van der Waals surface area contributed by atoms with Crippen LogP contribution in [-0.4, -0.2) is 33.6 Å². The Morgan fingerprint density at radius 2 is 1.77 bits per heavy atom. The Balaban J connectivity index is 1.67. The summed E-state index contributed by atoms with van der Waals surface area (Å²) in [7, 11) is 0. The van der Waals surface area contributed by atoms with Gasteiger partial charge in [-0.3, -0.25) is 9.78 Å². The van der Waals surface area contributed by atoms with Crippen LogP contribution in [0.15, 0.2) is 54.6 Å². The molecule has 0 bridgehead atoms. The lowest BCUT2D eigenvalue weighted by atomic mass is 9.91. The fourth-order valence-electron chi connectivity index (χ4n) is 4.91. The normalized spacial score (nSPS) is 16.0. The molecule has 3 aromatic rings.